The number of carboxylic acid groups (broad SMARTS) is 1. The molecule has 2 amide bonds. The molecule has 4 N–H and O–H groups in total. The van der Waals surface area contributed by atoms with E-state index in [1.165, 1.54) is 0 Å². The van der Waals surface area contributed by atoms with Crippen LogP contribution in [0.3, 0.4) is 0 Å². The number of hydrogen-bond donors (Lipinski definition) is 4. The van der Waals surface area contributed by atoms with Gasteiger partial charge in [-0.1, -0.05) is 13.8 Å². The Kier molecular flexibility index (Phi) is 7.32. The number of nitrogens with zero attached hydrogens (tertiary/aromatic N) is 1. The van der Waals surface area contributed by atoms with Crippen molar-refractivity contribution >= 4 is 12.0 Å². The van der Waals surface area contributed by atoms with E-state index in [1.54, 1.807) is 13.8 Å². The molecule has 0 radical (unpaired) electrons. The van der Waals surface area contributed by atoms with E-state index in [9.17, 15) is 9.59 Å². The lowest BCUT2D eigenvalue weighted by molar-refractivity contribution is -0.140. The molecule has 1 aliphatic rings. The van der Waals surface area contributed by atoms with Crippen molar-refractivity contribution in [3.05, 3.63) is 0 Å². The minimum atomic E-state index is -1.00. The molecule has 1 aliphatic heterocycles. The summed E-state index contributed by atoms with van der Waals surface area (Å²) in [6.45, 7) is 9.16. The normalized spacial score (nSPS) is 17.8. The molecule has 0 aliphatic carbocycles. The molecule has 1 fully saturated rings. The van der Waals surface area contributed by atoms with E-state index in [0.29, 0.717) is 6.54 Å². The zero-order valence-corrected chi connectivity index (χ0v) is 12.3. The predicted molar refractivity (Wildman–Crippen MR) is 76.7 cm³/mol. The average Bonchev–Trinajstić information content (AvgIpc) is 2.41. The Bertz CT molecular complexity index is 317. The van der Waals surface area contributed by atoms with Crippen molar-refractivity contribution in [2.24, 2.45) is 5.92 Å². The van der Waals surface area contributed by atoms with E-state index in [1.807, 2.05) is 0 Å². The first-order chi connectivity index (χ1) is 9.50. The minimum absolute atomic E-state index is 0.140. The van der Waals surface area contributed by atoms with Crippen LogP contribution in [0.4, 0.5) is 4.79 Å². The van der Waals surface area contributed by atoms with Crippen LogP contribution in [-0.2, 0) is 4.79 Å². The summed E-state index contributed by atoms with van der Waals surface area (Å²) in [4.78, 5) is 24.9. The molecule has 0 aromatic carbocycles. The molecular weight excluding hydrogens is 260 g/mol. The van der Waals surface area contributed by atoms with Gasteiger partial charge in [-0.2, -0.15) is 0 Å². The van der Waals surface area contributed by atoms with Gasteiger partial charge in [0.1, 0.15) is 6.04 Å². The number of piperazine rings is 1. The fraction of sp³-hybridized carbons (Fsp3) is 0.846. The summed E-state index contributed by atoms with van der Waals surface area (Å²) >= 11 is 0. The molecule has 0 saturated carbocycles. The first-order valence-electron chi connectivity index (χ1n) is 7.21. The number of hydrogen-bond acceptors (Lipinski definition) is 4. The molecule has 1 saturated heterocycles. The minimum Gasteiger partial charge on any atom is -0.480 e. The zero-order valence-electron chi connectivity index (χ0n) is 12.3. The first kappa shape index (κ1) is 16.7. The number of carboxylic acids is 1. The third kappa shape index (κ3) is 6.21. The highest BCUT2D eigenvalue weighted by Gasteiger charge is 2.23. The van der Waals surface area contributed by atoms with E-state index >= 15 is 0 Å². The number of aliphatic carboxylic acids is 1. The van der Waals surface area contributed by atoms with E-state index < -0.39 is 18.0 Å². The second-order valence-corrected chi connectivity index (χ2v) is 5.41. The van der Waals surface area contributed by atoms with Crippen LogP contribution < -0.4 is 16.0 Å². The Balaban J connectivity index is 2.14. The van der Waals surface area contributed by atoms with Gasteiger partial charge >= 0.3 is 12.0 Å². The fourth-order valence-corrected chi connectivity index (χ4v) is 2.15. The number of urea groups is 1. The largest absolute Gasteiger partial charge is 0.480 e. The Morgan fingerprint density at radius 1 is 1.30 bits per heavy atom. The fourth-order valence-electron chi connectivity index (χ4n) is 2.15. The second-order valence-electron chi connectivity index (χ2n) is 5.41. The first-order valence-corrected chi connectivity index (χ1v) is 7.21. The summed E-state index contributed by atoms with van der Waals surface area (Å²) < 4.78 is 0. The van der Waals surface area contributed by atoms with Crippen molar-refractivity contribution in [2.75, 3.05) is 39.3 Å². The van der Waals surface area contributed by atoms with Crippen molar-refractivity contribution in [2.45, 2.75) is 26.3 Å². The smallest absolute Gasteiger partial charge is 0.326 e. The lowest BCUT2D eigenvalue weighted by atomic mass is 10.1. The van der Waals surface area contributed by atoms with Gasteiger partial charge < -0.3 is 26.0 Å². The molecule has 0 spiro atoms. The van der Waals surface area contributed by atoms with Gasteiger partial charge in [0.25, 0.3) is 0 Å². The molecule has 1 rings (SSSR count). The molecule has 0 aromatic heterocycles. The number of carbonyl (C=O) groups is 2. The third-order valence-corrected chi connectivity index (χ3v) is 3.37. The SMILES string of the molecule is CC(C)[C@@H](NC(=O)NCCCN1CCNCC1)C(=O)O. The summed E-state index contributed by atoms with van der Waals surface area (Å²) in [5.74, 6) is -1.14. The second kappa shape index (κ2) is 8.76. The van der Waals surface area contributed by atoms with Crippen LogP contribution in [0, 0.1) is 5.92 Å². The van der Waals surface area contributed by atoms with Crippen LogP contribution in [0.1, 0.15) is 20.3 Å². The Morgan fingerprint density at radius 2 is 1.95 bits per heavy atom. The van der Waals surface area contributed by atoms with Crippen LogP contribution in [0.5, 0.6) is 0 Å². The Labute approximate surface area is 120 Å². The number of rotatable bonds is 7. The van der Waals surface area contributed by atoms with Gasteiger partial charge in [-0.3, -0.25) is 0 Å². The van der Waals surface area contributed by atoms with Gasteiger partial charge in [-0.05, 0) is 18.9 Å². The van der Waals surface area contributed by atoms with Crippen molar-refractivity contribution in [1.82, 2.24) is 20.9 Å². The standard InChI is InChI=1S/C13H26N4O3/c1-10(2)11(12(18)19)16-13(20)15-4-3-7-17-8-5-14-6-9-17/h10-11,14H,3-9H2,1-2H3,(H,18,19)(H2,15,16,20)/t11-/m1/s1. The number of nitrogens with one attached hydrogen (secondary N) is 3. The summed E-state index contributed by atoms with van der Waals surface area (Å²) in [5.41, 5.74) is 0. The van der Waals surface area contributed by atoms with Crippen molar-refractivity contribution in [3.63, 3.8) is 0 Å². The summed E-state index contributed by atoms with van der Waals surface area (Å²) in [7, 11) is 0. The molecule has 116 valence electrons. The summed E-state index contributed by atoms with van der Waals surface area (Å²) in [5, 5.41) is 17.5. The highest BCUT2D eigenvalue weighted by molar-refractivity contribution is 5.82. The van der Waals surface area contributed by atoms with Crippen molar-refractivity contribution < 1.29 is 14.7 Å². The third-order valence-electron chi connectivity index (χ3n) is 3.37. The monoisotopic (exact) mass is 286 g/mol. The topological polar surface area (TPSA) is 93.7 Å². The van der Waals surface area contributed by atoms with Gasteiger partial charge in [-0.15, -0.1) is 0 Å². The molecule has 0 aromatic rings. The van der Waals surface area contributed by atoms with Gasteiger partial charge in [0, 0.05) is 32.7 Å². The summed E-state index contributed by atoms with van der Waals surface area (Å²) in [6, 6.07) is -1.26. The summed E-state index contributed by atoms with van der Waals surface area (Å²) in [6.07, 6.45) is 0.868. The van der Waals surface area contributed by atoms with E-state index in [2.05, 4.69) is 20.9 Å². The predicted octanol–water partition coefficient (Wildman–Crippen LogP) is -0.310. The molecule has 1 heterocycles. The zero-order chi connectivity index (χ0) is 15.0. The van der Waals surface area contributed by atoms with E-state index in [0.717, 1.165) is 39.1 Å². The van der Waals surface area contributed by atoms with Crippen LogP contribution in [0.15, 0.2) is 0 Å². The highest BCUT2D eigenvalue weighted by atomic mass is 16.4. The van der Waals surface area contributed by atoms with Crippen molar-refractivity contribution in [1.29, 1.82) is 0 Å². The van der Waals surface area contributed by atoms with Crippen LogP contribution in [0.2, 0.25) is 0 Å². The molecule has 1 atom stereocenters. The molecule has 20 heavy (non-hydrogen) atoms. The highest BCUT2D eigenvalue weighted by Crippen LogP contribution is 2.01. The maximum absolute atomic E-state index is 11.6. The van der Waals surface area contributed by atoms with Gasteiger partial charge in [0.15, 0.2) is 0 Å². The molecule has 7 heteroatoms. The Morgan fingerprint density at radius 3 is 2.50 bits per heavy atom. The van der Waals surface area contributed by atoms with E-state index in [-0.39, 0.29) is 5.92 Å². The Hall–Kier alpha value is -1.34. The molecule has 0 bridgehead atoms. The van der Waals surface area contributed by atoms with Crippen LogP contribution in [-0.4, -0.2) is 67.3 Å². The maximum Gasteiger partial charge on any atom is 0.326 e. The van der Waals surface area contributed by atoms with Crippen LogP contribution >= 0.6 is 0 Å². The lowest BCUT2D eigenvalue weighted by Gasteiger charge is -2.27. The van der Waals surface area contributed by atoms with Gasteiger partial charge in [0.05, 0.1) is 0 Å². The van der Waals surface area contributed by atoms with Gasteiger partial charge in [0.2, 0.25) is 0 Å². The number of amides is 2. The molecule has 7 nitrogen and oxygen atoms in total. The average molecular weight is 286 g/mol. The quantitative estimate of drug-likeness (QED) is 0.482. The number of carbonyl (C=O) groups excluding carboxylic acids is 1. The van der Waals surface area contributed by atoms with Crippen molar-refractivity contribution in [3.8, 4) is 0 Å². The molecular formula is C13H26N4O3. The van der Waals surface area contributed by atoms with E-state index in [4.69, 9.17) is 5.11 Å². The van der Waals surface area contributed by atoms with Crippen LogP contribution in [0.25, 0.3) is 0 Å². The lowest BCUT2D eigenvalue weighted by Crippen LogP contribution is -2.49. The maximum atomic E-state index is 11.6. The molecule has 0 unspecified atom stereocenters. The van der Waals surface area contributed by atoms with Gasteiger partial charge in [-0.25, -0.2) is 9.59 Å².